The van der Waals surface area contributed by atoms with Crippen LogP contribution in [0.15, 0.2) is 16.3 Å². The first-order chi connectivity index (χ1) is 9.10. The summed E-state index contributed by atoms with van der Waals surface area (Å²) in [6, 6.07) is 3.74. The summed E-state index contributed by atoms with van der Waals surface area (Å²) in [6.45, 7) is 0.556. The molecule has 0 radical (unpaired) electrons. The van der Waals surface area contributed by atoms with Crippen molar-refractivity contribution in [1.82, 2.24) is 4.72 Å². The van der Waals surface area contributed by atoms with Crippen LogP contribution in [0, 0.1) is 11.8 Å². The molecule has 106 valence electrons. The standard InChI is InChI=1S/C13H20N2O2S2/c14-8-7-11-5-6-12(18-11)19(16,17)15-13(9-1-2-9)10-3-4-10/h5-6,9-10,13,15H,1-4,7-8,14H2. The van der Waals surface area contributed by atoms with Crippen LogP contribution in [-0.2, 0) is 16.4 Å². The zero-order valence-corrected chi connectivity index (χ0v) is 12.5. The maximum absolute atomic E-state index is 12.4. The van der Waals surface area contributed by atoms with E-state index in [2.05, 4.69) is 4.72 Å². The van der Waals surface area contributed by atoms with Crippen LogP contribution in [0.3, 0.4) is 0 Å². The minimum Gasteiger partial charge on any atom is -0.330 e. The summed E-state index contributed by atoms with van der Waals surface area (Å²) in [5, 5.41) is 0. The molecule has 0 amide bonds. The third kappa shape index (κ3) is 3.18. The molecule has 0 aromatic carbocycles. The van der Waals surface area contributed by atoms with E-state index in [1.165, 1.54) is 37.0 Å². The first kappa shape index (κ1) is 13.5. The van der Waals surface area contributed by atoms with Crippen LogP contribution in [0.1, 0.15) is 30.6 Å². The molecule has 0 bridgehead atoms. The van der Waals surface area contributed by atoms with Gasteiger partial charge < -0.3 is 5.73 Å². The molecular weight excluding hydrogens is 280 g/mol. The maximum Gasteiger partial charge on any atom is 0.250 e. The van der Waals surface area contributed by atoms with Gasteiger partial charge in [-0.05, 0) is 62.6 Å². The van der Waals surface area contributed by atoms with Crippen LogP contribution in [-0.4, -0.2) is 21.0 Å². The lowest BCUT2D eigenvalue weighted by atomic mass is 10.1. The quantitative estimate of drug-likeness (QED) is 0.805. The minimum atomic E-state index is -3.34. The number of hydrogen-bond donors (Lipinski definition) is 2. The summed E-state index contributed by atoms with van der Waals surface area (Å²) in [7, 11) is -3.34. The summed E-state index contributed by atoms with van der Waals surface area (Å²) in [6.07, 6.45) is 5.44. The van der Waals surface area contributed by atoms with Gasteiger partial charge in [-0.2, -0.15) is 0 Å². The van der Waals surface area contributed by atoms with Gasteiger partial charge in [-0.3, -0.25) is 0 Å². The molecule has 2 fully saturated rings. The van der Waals surface area contributed by atoms with Crippen molar-refractivity contribution in [3.05, 3.63) is 17.0 Å². The summed E-state index contributed by atoms with van der Waals surface area (Å²) >= 11 is 1.34. The highest BCUT2D eigenvalue weighted by Gasteiger charge is 2.43. The predicted octanol–water partition coefficient (Wildman–Crippen LogP) is 1.72. The summed E-state index contributed by atoms with van der Waals surface area (Å²) in [5.41, 5.74) is 5.50. The highest BCUT2D eigenvalue weighted by molar-refractivity contribution is 7.91. The van der Waals surface area contributed by atoms with Crippen LogP contribution in [0.5, 0.6) is 0 Å². The Hall–Kier alpha value is -0.430. The molecule has 2 aliphatic carbocycles. The van der Waals surface area contributed by atoms with Gasteiger partial charge in [-0.1, -0.05) is 0 Å². The Labute approximate surface area is 118 Å². The van der Waals surface area contributed by atoms with Crippen LogP contribution in [0.25, 0.3) is 0 Å². The molecule has 6 heteroatoms. The molecule has 2 saturated carbocycles. The minimum absolute atomic E-state index is 0.171. The van der Waals surface area contributed by atoms with Gasteiger partial charge in [0.05, 0.1) is 0 Å². The molecule has 1 heterocycles. The fourth-order valence-corrected chi connectivity index (χ4v) is 5.27. The Bertz CT molecular complexity index is 533. The normalized spacial score (nSPS) is 20.1. The summed E-state index contributed by atoms with van der Waals surface area (Å²) < 4.78 is 28.2. The van der Waals surface area contributed by atoms with Crippen LogP contribution in [0.4, 0.5) is 0 Å². The molecule has 19 heavy (non-hydrogen) atoms. The number of nitrogens with two attached hydrogens (primary N) is 1. The summed E-state index contributed by atoms with van der Waals surface area (Å²) in [4.78, 5) is 1.04. The number of thiophene rings is 1. The van der Waals surface area contributed by atoms with Crippen LogP contribution >= 0.6 is 11.3 Å². The highest BCUT2D eigenvalue weighted by atomic mass is 32.2. The zero-order chi connectivity index (χ0) is 13.5. The van der Waals surface area contributed by atoms with Crippen LogP contribution in [0.2, 0.25) is 0 Å². The van der Waals surface area contributed by atoms with Gasteiger partial charge in [-0.25, -0.2) is 13.1 Å². The Kier molecular flexibility index (Phi) is 3.68. The molecule has 1 aromatic heterocycles. The Morgan fingerprint density at radius 2 is 1.89 bits per heavy atom. The topological polar surface area (TPSA) is 72.2 Å². The zero-order valence-electron chi connectivity index (χ0n) is 10.8. The highest BCUT2D eigenvalue weighted by Crippen LogP contribution is 2.45. The van der Waals surface area contributed by atoms with E-state index in [9.17, 15) is 8.42 Å². The molecule has 3 N–H and O–H groups in total. The number of nitrogens with one attached hydrogen (secondary N) is 1. The Morgan fingerprint density at radius 3 is 2.42 bits per heavy atom. The van der Waals surface area contributed by atoms with E-state index in [1.54, 1.807) is 6.07 Å². The van der Waals surface area contributed by atoms with Crippen molar-refractivity contribution in [3.8, 4) is 0 Å². The van der Waals surface area contributed by atoms with Gasteiger partial charge in [0.25, 0.3) is 0 Å². The third-order valence-corrected chi connectivity index (χ3v) is 6.94. The molecule has 3 rings (SSSR count). The third-order valence-electron chi connectivity index (χ3n) is 3.84. The van der Waals surface area contributed by atoms with Gasteiger partial charge in [0.15, 0.2) is 0 Å². The van der Waals surface area contributed by atoms with Crippen molar-refractivity contribution in [2.45, 2.75) is 42.4 Å². The predicted molar refractivity (Wildman–Crippen MR) is 76.6 cm³/mol. The molecule has 0 unspecified atom stereocenters. The van der Waals surface area contributed by atoms with Gasteiger partial charge >= 0.3 is 0 Å². The van der Waals surface area contributed by atoms with E-state index in [0.717, 1.165) is 11.3 Å². The molecule has 0 atom stereocenters. The van der Waals surface area contributed by atoms with E-state index >= 15 is 0 Å². The molecular formula is C13H20N2O2S2. The second-order valence-corrected chi connectivity index (χ2v) is 8.69. The van der Waals surface area contributed by atoms with Crippen molar-refractivity contribution in [2.24, 2.45) is 17.6 Å². The van der Waals surface area contributed by atoms with Gasteiger partial charge in [0, 0.05) is 10.9 Å². The number of sulfonamides is 1. The number of hydrogen-bond acceptors (Lipinski definition) is 4. The molecule has 2 aliphatic rings. The average Bonchev–Trinajstić information content (AvgIpc) is 3.27. The lowest BCUT2D eigenvalue weighted by Crippen LogP contribution is -2.37. The number of rotatable bonds is 7. The Balaban J connectivity index is 1.73. The van der Waals surface area contributed by atoms with Crippen molar-refractivity contribution in [2.75, 3.05) is 6.54 Å². The molecule has 4 nitrogen and oxygen atoms in total. The summed E-state index contributed by atoms with van der Waals surface area (Å²) in [5.74, 6) is 1.15. The SMILES string of the molecule is NCCc1ccc(S(=O)(=O)NC(C2CC2)C2CC2)s1. The lowest BCUT2D eigenvalue weighted by molar-refractivity contribution is 0.472. The average molecular weight is 300 g/mol. The van der Waals surface area contributed by atoms with Crippen molar-refractivity contribution in [3.63, 3.8) is 0 Å². The van der Waals surface area contributed by atoms with E-state index in [1.807, 2.05) is 6.07 Å². The van der Waals surface area contributed by atoms with Gasteiger partial charge in [-0.15, -0.1) is 11.3 Å². The van der Waals surface area contributed by atoms with Crippen molar-refractivity contribution >= 4 is 21.4 Å². The Morgan fingerprint density at radius 1 is 1.26 bits per heavy atom. The monoisotopic (exact) mass is 300 g/mol. The van der Waals surface area contributed by atoms with E-state index in [4.69, 9.17) is 5.73 Å². The second-order valence-electron chi connectivity index (χ2n) is 5.58. The lowest BCUT2D eigenvalue weighted by Gasteiger charge is -2.16. The van der Waals surface area contributed by atoms with Crippen molar-refractivity contribution < 1.29 is 8.42 Å². The maximum atomic E-state index is 12.4. The fraction of sp³-hybridized carbons (Fsp3) is 0.692. The second kappa shape index (κ2) is 5.16. The fourth-order valence-electron chi connectivity index (χ4n) is 2.50. The molecule has 0 spiro atoms. The first-order valence-electron chi connectivity index (χ1n) is 6.91. The van der Waals surface area contributed by atoms with E-state index in [-0.39, 0.29) is 6.04 Å². The van der Waals surface area contributed by atoms with E-state index in [0.29, 0.717) is 22.6 Å². The molecule has 0 aliphatic heterocycles. The smallest absolute Gasteiger partial charge is 0.250 e. The van der Waals surface area contributed by atoms with Crippen LogP contribution < -0.4 is 10.5 Å². The van der Waals surface area contributed by atoms with Gasteiger partial charge in [0.2, 0.25) is 10.0 Å². The molecule has 0 saturated heterocycles. The van der Waals surface area contributed by atoms with Gasteiger partial charge in [0.1, 0.15) is 4.21 Å². The van der Waals surface area contributed by atoms with Crippen molar-refractivity contribution in [1.29, 1.82) is 0 Å². The first-order valence-corrected chi connectivity index (χ1v) is 9.21. The largest absolute Gasteiger partial charge is 0.330 e. The molecule has 1 aromatic rings. The van der Waals surface area contributed by atoms with E-state index < -0.39 is 10.0 Å².